The van der Waals surface area contributed by atoms with Crippen LogP contribution >= 0.6 is 0 Å². The van der Waals surface area contributed by atoms with Gasteiger partial charge in [0, 0.05) is 6.42 Å². The van der Waals surface area contributed by atoms with Crippen LogP contribution < -0.4 is 5.32 Å². The fourth-order valence-corrected chi connectivity index (χ4v) is 1.82. The van der Waals surface area contributed by atoms with Gasteiger partial charge in [-0.05, 0) is 6.42 Å². The molecule has 0 amide bonds. The quantitative estimate of drug-likeness (QED) is 0.417. The maximum absolute atomic E-state index is 11.4. The van der Waals surface area contributed by atoms with Gasteiger partial charge in [0.15, 0.2) is 0 Å². The predicted octanol–water partition coefficient (Wildman–Crippen LogP) is 3.31. The summed E-state index contributed by atoms with van der Waals surface area (Å²) in [7, 11) is 0. The van der Waals surface area contributed by atoms with Gasteiger partial charge in [-0.15, -0.1) is 6.42 Å². The van der Waals surface area contributed by atoms with Crippen LogP contribution in [0.25, 0.3) is 0 Å². The van der Waals surface area contributed by atoms with Crippen molar-refractivity contribution in [3.63, 3.8) is 0 Å². The number of terminal acetylenes is 1. The molecule has 0 aromatic heterocycles. The zero-order valence-electron chi connectivity index (χ0n) is 11.3. The molecule has 0 aromatic rings. The number of nitrogens with one attached hydrogen (secondary N) is 1. The molecule has 0 saturated heterocycles. The number of hydrogen-bond acceptors (Lipinski definition) is 2. The van der Waals surface area contributed by atoms with Crippen molar-refractivity contribution in [2.45, 2.75) is 64.7 Å². The van der Waals surface area contributed by atoms with Crippen LogP contribution in [0.5, 0.6) is 0 Å². The molecule has 0 atom stereocenters. The Balaban J connectivity index is 3.11. The molecule has 0 aliphatic carbocycles. The van der Waals surface area contributed by atoms with E-state index in [1.807, 2.05) is 0 Å². The molecule has 0 aliphatic heterocycles. The minimum atomic E-state index is 0.284. The second-order valence-corrected chi connectivity index (χ2v) is 4.57. The summed E-state index contributed by atoms with van der Waals surface area (Å²) in [6, 6.07) is 0. The molecule has 17 heavy (non-hydrogen) atoms. The molecule has 0 aromatic carbocycles. The van der Waals surface area contributed by atoms with Crippen molar-refractivity contribution in [2.24, 2.45) is 0 Å². The van der Waals surface area contributed by atoms with E-state index in [0.29, 0.717) is 19.5 Å². The zero-order chi connectivity index (χ0) is 12.8. The van der Waals surface area contributed by atoms with Crippen molar-refractivity contribution in [1.29, 1.82) is 0 Å². The molecule has 1 N–H and O–H groups in total. The Morgan fingerprint density at radius 3 is 2.24 bits per heavy atom. The first-order chi connectivity index (χ1) is 8.31. The van der Waals surface area contributed by atoms with Crippen molar-refractivity contribution in [3.05, 3.63) is 0 Å². The van der Waals surface area contributed by atoms with Gasteiger partial charge < -0.3 is 0 Å². The van der Waals surface area contributed by atoms with E-state index in [4.69, 9.17) is 6.42 Å². The number of hydrogen-bond donors (Lipinski definition) is 1. The summed E-state index contributed by atoms with van der Waals surface area (Å²) in [4.78, 5) is 11.4. The lowest BCUT2D eigenvalue weighted by Crippen LogP contribution is -2.22. The van der Waals surface area contributed by atoms with Crippen LogP contribution in [0, 0.1) is 12.3 Å². The molecule has 98 valence electrons. The van der Waals surface area contributed by atoms with Crippen LogP contribution in [0.3, 0.4) is 0 Å². The molecule has 0 aliphatic rings. The second kappa shape index (κ2) is 13.3. The number of unbranched alkanes of at least 4 members (excludes halogenated alkanes) is 7. The zero-order valence-corrected chi connectivity index (χ0v) is 11.3. The van der Waals surface area contributed by atoms with Crippen LogP contribution in [0.15, 0.2) is 0 Å². The van der Waals surface area contributed by atoms with Gasteiger partial charge in [-0.2, -0.15) is 0 Å². The summed E-state index contributed by atoms with van der Waals surface area (Å²) < 4.78 is 0. The fourth-order valence-electron chi connectivity index (χ4n) is 1.82. The molecule has 0 unspecified atom stereocenters. The van der Waals surface area contributed by atoms with E-state index in [0.717, 1.165) is 6.42 Å². The summed E-state index contributed by atoms with van der Waals surface area (Å²) in [5.74, 6) is 2.74. The molecule has 0 heterocycles. The lowest BCUT2D eigenvalue weighted by Gasteiger charge is -2.02. The smallest absolute Gasteiger partial charge is 0.146 e. The number of Topliss-reactive ketones (excluding diaryl/α,β-unsaturated/α-hetero) is 1. The van der Waals surface area contributed by atoms with Gasteiger partial charge in [0.2, 0.25) is 0 Å². The minimum absolute atomic E-state index is 0.284. The normalized spacial score (nSPS) is 10.1. The first-order valence-corrected chi connectivity index (χ1v) is 6.97. The van der Waals surface area contributed by atoms with E-state index in [2.05, 4.69) is 18.2 Å². The molecule has 0 radical (unpaired) electrons. The lowest BCUT2D eigenvalue weighted by atomic mass is 10.1. The van der Waals surface area contributed by atoms with Gasteiger partial charge in [0.05, 0.1) is 13.1 Å². The van der Waals surface area contributed by atoms with E-state index in [-0.39, 0.29) is 5.78 Å². The molecule has 0 fully saturated rings. The molecular formula is C15H27NO. The van der Waals surface area contributed by atoms with Crippen molar-refractivity contribution in [2.75, 3.05) is 13.1 Å². The van der Waals surface area contributed by atoms with Crippen LogP contribution in [-0.2, 0) is 4.79 Å². The lowest BCUT2D eigenvalue weighted by molar-refractivity contribution is -0.118. The Bertz CT molecular complexity index is 217. The topological polar surface area (TPSA) is 29.1 Å². The summed E-state index contributed by atoms with van der Waals surface area (Å²) >= 11 is 0. The van der Waals surface area contributed by atoms with Crippen molar-refractivity contribution >= 4 is 5.78 Å². The molecular weight excluding hydrogens is 210 g/mol. The summed E-state index contributed by atoms with van der Waals surface area (Å²) in [5.41, 5.74) is 0. The monoisotopic (exact) mass is 237 g/mol. The van der Waals surface area contributed by atoms with E-state index in [1.165, 1.54) is 44.9 Å². The molecule has 2 heteroatoms. The van der Waals surface area contributed by atoms with Crippen LogP contribution in [-0.4, -0.2) is 18.9 Å². The van der Waals surface area contributed by atoms with Gasteiger partial charge in [0.25, 0.3) is 0 Å². The second-order valence-electron chi connectivity index (χ2n) is 4.57. The van der Waals surface area contributed by atoms with Crippen LogP contribution in [0.4, 0.5) is 0 Å². The fraction of sp³-hybridized carbons (Fsp3) is 0.800. The summed E-state index contributed by atoms with van der Waals surface area (Å²) in [6.45, 7) is 3.16. The number of ketones is 1. The predicted molar refractivity (Wildman–Crippen MR) is 73.9 cm³/mol. The number of carbonyl (C=O) groups excluding carboxylic acids is 1. The van der Waals surface area contributed by atoms with Gasteiger partial charge in [0.1, 0.15) is 5.78 Å². The van der Waals surface area contributed by atoms with Crippen molar-refractivity contribution < 1.29 is 4.79 Å². The molecule has 0 spiro atoms. The van der Waals surface area contributed by atoms with Crippen molar-refractivity contribution in [1.82, 2.24) is 5.32 Å². The van der Waals surface area contributed by atoms with Crippen molar-refractivity contribution in [3.8, 4) is 12.3 Å². The summed E-state index contributed by atoms with van der Waals surface area (Å²) in [5, 5.41) is 2.92. The summed E-state index contributed by atoms with van der Waals surface area (Å²) in [6.07, 6.45) is 16.0. The Hall–Kier alpha value is -0.810. The Labute approximate surface area is 107 Å². The van der Waals surface area contributed by atoms with Crippen LogP contribution in [0.1, 0.15) is 64.7 Å². The Kier molecular flexibility index (Phi) is 12.6. The van der Waals surface area contributed by atoms with E-state index >= 15 is 0 Å². The standard InChI is InChI=1S/C15H27NO/c1-3-5-6-7-8-9-10-11-12-15(17)14-16-13-4-2/h2,16H,3,5-14H2,1H3. The Morgan fingerprint density at radius 2 is 1.65 bits per heavy atom. The van der Waals surface area contributed by atoms with E-state index < -0.39 is 0 Å². The van der Waals surface area contributed by atoms with E-state index in [1.54, 1.807) is 0 Å². The highest BCUT2D eigenvalue weighted by molar-refractivity contribution is 5.80. The maximum atomic E-state index is 11.4. The first kappa shape index (κ1) is 16.2. The maximum Gasteiger partial charge on any atom is 0.146 e. The van der Waals surface area contributed by atoms with E-state index in [9.17, 15) is 4.79 Å². The van der Waals surface area contributed by atoms with Gasteiger partial charge in [-0.25, -0.2) is 0 Å². The van der Waals surface area contributed by atoms with Gasteiger partial charge in [-0.1, -0.05) is 57.8 Å². The largest absolute Gasteiger partial charge is 0.299 e. The third kappa shape index (κ3) is 13.1. The number of rotatable bonds is 12. The SMILES string of the molecule is C#CCNCC(=O)CCCCCCCCCC. The van der Waals surface area contributed by atoms with Gasteiger partial charge in [-0.3, -0.25) is 10.1 Å². The average molecular weight is 237 g/mol. The molecule has 0 bridgehead atoms. The highest BCUT2D eigenvalue weighted by Crippen LogP contribution is 2.09. The number of carbonyl (C=O) groups is 1. The highest BCUT2D eigenvalue weighted by Gasteiger charge is 2.00. The third-order valence-corrected chi connectivity index (χ3v) is 2.86. The first-order valence-electron chi connectivity index (χ1n) is 6.97. The Morgan fingerprint density at radius 1 is 1.06 bits per heavy atom. The highest BCUT2D eigenvalue weighted by atomic mass is 16.1. The molecule has 2 nitrogen and oxygen atoms in total. The average Bonchev–Trinajstić information content (AvgIpc) is 2.33. The van der Waals surface area contributed by atoms with Gasteiger partial charge >= 0.3 is 0 Å². The molecule has 0 saturated carbocycles. The minimum Gasteiger partial charge on any atom is -0.299 e. The molecule has 0 rings (SSSR count). The van der Waals surface area contributed by atoms with Crippen LogP contribution in [0.2, 0.25) is 0 Å². The third-order valence-electron chi connectivity index (χ3n) is 2.86.